The van der Waals surface area contributed by atoms with Gasteiger partial charge in [0.1, 0.15) is 5.15 Å². The number of pyridine rings is 1. The SMILES string of the molecule is CC1CCN(C(=O)c2cc(Br)cnc2Cl)C2CCCCC12. The minimum absolute atomic E-state index is 0.0394. The van der Waals surface area contributed by atoms with Gasteiger partial charge in [-0.3, -0.25) is 4.79 Å². The first kappa shape index (κ1) is 15.3. The molecule has 2 heterocycles. The third kappa shape index (κ3) is 2.98. The van der Waals surface area contributed by atoms with E-state index >= 15 is 0 Å². The van der Waals surface area contributed by atoms with Crippen molar-refractivity contribution in [2.24, 2.45) is 11.8 Å². The van der Waals surface area contributed by atoms with Crippen molar-refractivity contribution in [3.8, 4) is 0 Å². The Labute approximate surface area is 139 Å². The van der Waals surface area contributed by atoms with Gasteiger partial charge in [-0.2, -0.15) is 0 Å². The van der Waals surface area contributed by atoms with Crippen molar-refractivity contribution < 1.29 is 4.79 Å². The summed E-state index contributed by atoms with van der Waals surface area (Å²) < 4.78 is 0.792. The molecule has 1 aliphatic carbocycles. The molecule has 0 spiro atoms. The van der Waals surface area contributed by atoms with Crippen molar-refractivity contribution in [1.29, 1.82) is 0 Å². The molecule has 0 bridgehead atoms. The van der Waals surface area contributed by atoms with Gasteiger partial charge in [-0.25, -0.2) is 4.98 Å². The maximum absolute atomic E-state index is 12.9. The summed E-state index contributed by atoms with van der Waals surface area (Å²) in [5.41, 5.74) is 0.518. The number of nitrogens with zero attached hydrogens (tertiary/aromatic N) is 2. The molecule has 3 atom stereocenters. The van der Waals surface area contributed by atoms with E-state index in [0.29, 0.717) is 22.7 Å². The van der Waals surface area contributed by atoms with Crippen LogP contribution < -0.4 is 0 Å². The fourth-order valence-corrected chi connectivity index (χ4v) is 4.41. The maximum Gasteiger partial charge on any atom is 0.257 e. The van der Waals surface area contributed by atoms with Crippen molar-refractivity contribution in [3.63, 3.8) is 0 Å². The summed E-state index contributed by atoms with van der Waals surface area (Å²) in [7, 11) is 0. The van der Waals surface area contributed by atoms with E-state index in [4.69, 9.17) is 11.6 Å². The molecule has 2 aliphatic rings. The van der Waals surface area contributed by atoms with Crippen LogP contribution in [0.1, 0.15) is 49.4 Å². The van der Waals surface area contributed by atoms with Crippen LogP contribution in [0.3, 0.4) is 0 Å². The molecule has 2 fully saturated rings. The lowest BCUT2D eigenvalue weighted by Crippen LogP contribution is -2.52. The molecular weight excluding hydrogens is 352 g/mol. The Kier molecular flexibility index (Phi) is 4.55. The Balaban J connectivity index is 1.88. The number of halogens is 2. The van der Waals surface area contributed by atoms with Gasteiger partial charge < -0.3 is 4.90 Å². The van der Waals surface area contributed by atoms with E-state index in [-0.39, 0.29) is 5.91 Å². The smallest absolute Gasteiger partial charge is 0.257 e. The molecule has 114 valence electrons. The second-order valence-corrected chi connectivity index (χ2v) is 7.55. The van der Waals surface area contributed by atoms with Crippen LogP contribution in [0.25, 0.3) is 0 Å². The number of carbonyl (C=O) groups excluding carboxylic acids is 1. The second-order valence-electron chi connectivity index (χ2n) is 6.27. The Bertz CT molecular complexity index is 551. The number of fused-ring (bicyclic) bond motifs is 1. The predicted octanol–water partition coefficient (Wildman–Crippen LogP) is 4.54. The molecule has 1 aromatic rings. The number of rotatable bonds is 1. The highest BCUT2D eigenvalue weighted by Gasteiger charge is 2.40. The normalized spacial score (nSPS) is 29.1. The summed E-state index contributed by atoms with van der Waals surface area (Å²) in [4.78, 5) is 19.1. The average molecular weight is 372 g/mol. The van der Waals surface area contributed by atoms with Gasteiger partial charge in [-0.15, -0.1) is 0 Å². The Morgan fingerprint density at radius 1 is 1.38 bits per heavy atom. The van der Waals surface area contributed by atoms with Crippen LogP contribution in [-0.4, -0.2) is 28.4 Å². The lowest BCUT2D eigenvalue weighted by atomic mass is 9.72. The summed E-state index contributed by atoms with van der Waals surface area (Å²) in [5, 5.41) is 0.300. The van der Waals surface area contributed by atoms with Gasteiger partial charge in [0.15, 0.2) is 0 Å². The Morgan fingerprint density at radius 3 is 2.95 bits per heavy atom. The van der Waals surface area contributed by atoms with Crippen LogP contribution in [0, 0.1) is 11.8 Å². The van der Waals surface area contributed by atoms with Gasteiger partial charge in [-0.05, 0) is 53.1 Å². The fourth-order valence-electron chi connectivity index (χ4n) is 3.89. The number of carbonyl (C=O) groups is 1. The Morgan fingerprint density at radius 2 is 2.14 bits per heavy atom. The minimum atomic E-state index is 0.0394. The highest BCUT2D eigenvalue weighted by molar-refractivity contribution is 9.10. The van der Waals surface area contributed by atoms with Gasteiger partial charge in [0.25, 0.3) is 5.91 Å². The first-order valence-electron chi connectivity index (χ1n) is 7.70. The number of hydrogen-bond donors (Lipinski definition) is 0. The second kappa shape index (κ2) is 6.25. The summed E-state index contributed by atoms with van der Waals surface area (Å²) in [6.07, 6.45) is 7.61. The van der Waals surface area contributed by atoms with Crippen LogP contribution in [0.2, 0.25) is 5.15 Å². The molecule has 1 saturated carbocycles. The van der Waals surface area contributed by atoms with E-state index in [0.717, 1.165) is 29.8 Å². The van der Waals surface area contributed by atoms with Gasteiger partial charge >= 0.3 is 0 Å². The summed E-state index contributed by atoms with van der Waals surface area (Å²) >= 11 is 9.51. The first-order chi connectivity index (χ1) is 10.1. The molecule has 3 nitrogen and oxygen atoms in total. The third-order valence-electron chi connectivity index (χ3n) is 5.04. The quantitative estimate of drug-likeness (QED) is 0.679. The molecule has 3 rings (SSSR count). The average Bonchev–Trinajstić information content (AvgIpc) is 2.50. The monoisotopic (exact) mass is 370 g/mol. The number of likely N-dealkylation sites (tertiary alicyclic amines) is 1. The van der Waals surface area contributed by atoms with E-state index in [1.807, 2.05) is 0 Å². The third-order valence-corrected chi connectivity index (χ3v) is 5.77. The molecule has 5 heteroatoms. The molecule has 1 aromatic heterocycles. The number of aromatic nitrogens is 1. The minimum Gasteiger partial charge on any atom is -0.335 e. The molecule has 0 N–H and O–H groups in total. The lowest BCUT2D eigenvalue weighted by molar-refractivity contribution is 0.0217. The molecule has 0 aromatic carbocycles. The molecule has 3 unspecified atom stereocenters. The van der Waals surface area contributed by atoms with E-state index in [2.05, 4.69) is 32.7 Å². The van der Waals surface area contributed by atoms with Crippen molar-refractivity contribution >= 4 is 33.4 Å². The largest absolute Gasteiger partial charge is 0.335 e. The number of amides is 1. The topological polar surface area (TPSA) is 33.2 Å². The van der Waals surface area contributed by atoms with E-state index in [1.165, 1.54) is 19.3 Å². The van der Waals surface area contributed by atoms with Gasteiger partial charge in [0, 0.05) is 23.3 Å². The van der Waals surface area contributed by atoms with Crippen LogP contribution in [0.5, 0.6) is 0 Å². The zero-order valence-electron chi connectivity index (χ0n) is 12.2. The molecule has 1 saturated heterocycles. The van der Waals surface area contributed by atoms with E-state index in [1.54, 1.807) is 12.3 Å². The van der Waals surface area contributed by atoms with Crippen LogP contribution in [0.15, 0.2) is 16.7 Å². The highest BCUT2D eigenvalue weighted by atomic mass is 79.9. The van der Waals surface area contributed by atoms with Gasteiger partial charge in [0.05, 0.1) is 5.56 Å². The molecular formula is C16H20BrClN2O. The molecule has 21 heavy (non-hydrogen) atoms. The summed E-state index contributed by atoms with van der Waals surface area (Å²) in [5.74, 6) is 1.41. The number of piperidine rings is 1. The maximum atomic E-state index is 12.9. The van der Waals surface area contributed by atoms with Crippen molar-refractivity contribution in [1.82, 2.24) is 9.88 Å². The first-order valence-corrected chi connectivity index (χ1v) is 8.87. The lowest BCUT2D eigenvalue weighted by Gasteiger charge is -2.47. The molecule has 1 aliphatic heterocycles. The van der Waals surface area contributed by atoms with Crippen molar-refractivity contribution in [2.45, 2.75) is 45.1 Å². The van der Waals surface area contributed by atoms with E-state index < -0.39 is 0 Å². The van der Waals surface area contributed by atoms with Crippen molar-refractivity contribution in [2.75, 3.05) is 6.54 Å². The summed E-state index contributed by atoms with van der Waals surface area (Å²) in [6.45, 7) is 3.17. The van der Waals surface area contributed by atoms with Crippen LogP contribution in [-0.2, 0) is 0 Å². The highest BCUT2D eigenvalue weighted by Crippen LogP contribution is 2.39. The van der Waals surface area contributed by atoms with Crippen LogP contribution in [0.4, 0.5) is 0 Å². The molecule has 0 radical (unpaired) electrons. The zero-order valence-corrected chi connectivity index (χ0v) is 14.5. The van der Waals surface area contributed by atoms with Gasteiger partial charge in [0.2, 0.25) is 0 Å². The predicted molar refractivity (Wildman–Crippen MR) is 87.5 cm³/mol. The van der Waals surface area contributed by atoms with Crippen molar-refractivity contribution in [3.05, 3.63) is 27.5 Å². The Hall–Kier alpha value is -0.610. The molecule has 1 amide bonds. The van der Waals surface area contributed by atoms with Gasteiger partial charge in [-0.1, -0.05) is 31.4 Å². The zero-order chi connectivity index (χ0) is 15.0. The van der Waals surface area contributed by atoms with E-state index in [9.17, 15) is 4.79 Å². The number of hydrogen-bond acceptors (Lipinski definition) is 2. The van der Waals surface area contributed by atoms with Crippen LogP contribution >= 0.6 is 27.5 Å². The fraction of sp³-hybridized carbons (Fsp3) is 0.625. The standard InChI is InChI=1S/C16H20BrClN2O/c1-10-6-7-20(14-5-3-2-4-12(10)14)16(21)13-8-11(17)9-19-15(13)18/h8-10,12,14H,2-7H2,1H3. The summed E-state index contributed by atoms with van der Waals surface area (Å²) in [6, 6.07) is 2.16.